The highest BCUT2D eigenvalue weighted by Gasteiger charge is 2.22. The summed E-state index contributed by atoms with van der Waals surface area (Å²) in [5, 5.41) is 2.75. The van der Waals surface area contributed by atoms with Crippen molar-refractivity contribution in [2.45, 2.75) is 19.8 Å². The summed E-state index contributed by atoms with van der Waals surface area (Å²) >= 11 is 3.29. The minimum absolute atomic E-state index is 0.109. The van der Waals surface area contributed by atoms with Gasteiger partial charge in [-0.25, -0.2) is 4.39 Å². The third kappa shape index (κ3) is 2.61. The topological polar surface area (TPSA) is 29.1 Å². The van der Waals surface area contributed by atoms with Gasteiger partial charge < -0.3 is 5.32 Å². The summed E-state index contributed by atoms with van der Waals surface area (Å²) in [5.74, 6) is -0.194. The molecule has 2 nitrogen and oxygen atoms in total. The Balaban J connectivity index is 2.11. The van der Waals surface area contributed by atoms with Crippen LogP contribution in [0, 0.1) is 18.7 Å². The van der Waals surface area contributed by atoms with E-state index < -0.39 is 5.82 Å². The molecule has 0 atom stereocenters. The Bertz CT molecular complexity index is 429. The van der Waals surface area contributed by atoms with Crippen molar-refractivity contribution in [2.24, 2.45) is 5.92 Å². The molecule has 0 saturated heterocycles. The molecule has 1 amide bonds. The first kappa shape index (κ1) is 11.6. The van der Waals surface area contributed by atoms with Gasteiger partial charge in [-0.05, 0) is 43.4 Å². The molecular formula is C12H13BrFNO. The smallest absolute Gasteiger partial charge is 0.254 e. The predicted octanol–water partition coefficient (Wildman–Crippen LogP) is 3.04. The molecule has 2 rings (SSSR count). The summed E-state index contributed by atoms with van der Waals surface area (Å²) < 4.78 is 14.3. The molecule has 1 saturated carbocycles. The van der Waals surface area contributed by atoms with Crippen molar-refractivity contribution >= 4 is 21.8 Å². The number of hydrogen-bond acceptors (Lipinski definition) is 1. The highest BCUT2D eigenvalue weighted by atomic mass is 79.9. The van der Waals surface area contributed by atoms with Crippen molar-refractivity contribution in [1.82, 2.24) is 5.32 Å². The van der Waals surface area contributed by atoms with E-state index in [-0.39, 0.29) is 11.5 Å². The van der Waals surface area contributed by atoms with E-state index >= 15 is 0 Å². The summed E-state index contributed by atoms with van der Waals surface area (Å²) in [6.07, 6.45) is 2.33. The first-order valence-corrected chi connectivity index (χ1v) is 6.11. The van der Waals surface area contributed by atoms with Crippen LogP contribution in [-0.2, 0) is 0 Å². The van der Waals surface area contributed by atoms with Gasteiger partial charge in [0.2, 0.25) is 0 Å². The van der Waals surface area contributed by atoms with Crippen molar-refractivity contribution in [3.63, 3.8) is 0 Å². The minimum Gasteiger partial charge on any atom is -0.352 e. The van der Waals surface area contributed by atoms with Crippen LogP contribution < -0.4 is 5.32 Å². The van der Waals surface area contributed by atoms with Crippen molar-refractivity contribution in [3.05, 3.63) is 33.5 Å². The number of amides is 1. The van der Waals surface area contributed by atoms with Crippen LogP contribution in [0.25, 0.3) is 0 Å². The van der Waals surface area contributed by atoms with Crippen LogP contribution in [0.15, 0.2) is 16.6 Å². The van der Waals surface area contributed by atoms with E-state index in [1.165, 1.54) is 25.0 Å². The first-order chi connectivity index (χ1) is 7.58. The van der Waals surface area contributed by atoms with Gasteiger partial charge in [-0.15, -0.1) is 0 Å². The number of nitrogens with one attached hydrogen (secondary N) is 1. The fourth-order valence-electron chi connectivity index (χ4n) is 1.47. The average molecular weight is 286 g/mol. The largest absolute Gasteiger partial charge is 0.352 e. The second-order valence-electron chi connectivity index (χ2n) is 4.23. The molecule has 1 aliphatic rings. The standard InChI is InChI=1S/C12H13BrFNO/c1-7-4-11(14)9(5-10(7)13)12(16)15-6-8-2-3-8/h4-5,8H,2-3,6H2,1H3,(H,15,16). The zero-order valence-electron chi connectivity index (χ0n) is 9.02. The van der Waals surface area contributed by atoms with E-state index in [0.717, 1.165) is 10.0 Å². The molecule has 0 unspecified atom stereocenters. The molecule has 1 N–H and O–H groups in total. The van der Waals surface area contributed by atoms with E-state index in [1.807, 2.05) is 0 Å². The quantitative estimate of drug-likeness (QED) is 0.909. The number of halogens is 2. The van der Waals surface area contributed by atoms with E-state index in [1.54, 1.807) is 6.92 Å². The van der Waals surface area contributed by atoms with Crippen molar-refractivity contribution in [1.29, 1.82) is 0 Å². The maximum atomic E-state index is 13.5. The van der Waals surface area contributed by atoms with Gasteiger partial charge in [0.25, 0.3) is 5.91 Å². The van der Waals surface area contributed by atoms with Crippen LogP contribution in [0.5, 0.6) is 0 Å². The molecule has 86 valence electrons. The summed E-state index contributed by atoms with van der Waals surface area (Å²) in [6, 6.07) is 2.91. The average Bonchev–Trinajstić information content (AvgIpc) is 3.03. The second kappa shape index (κ2) is 4.53. The lowest BCUT2D eigenvalue weighted by Gasteiger charge is -2.07. The number of rotatable bonds is 3. The van der Waals surface area contributed by atoms with E-state index in [2.05, 4.69) is 21.2 Å². The Kier molecular flexibility index (Phi) is 3.28. The van der Waals surface area contributed by atoms with Crippen molar-refractivity contribution < 1.29 is 9.18 Å². The molecule has 1 fully saturated rings. The lowest BCUT2D eigenvalue weighted by Crippen LogP contribution is -2.26. The summed E-state index contributed by atoms with van der Waals surface area (Å²) in [4.78, 5) is 11.7. The summed E-state index contributed by atoms with van der Waals surface area (Å²) in [6.45, 7) is 2.45. The van der Waals surface area contributed by atoms with Crippen LogP contribution in [-0.4, -0.2) is 12.5 Å². The van der Waals surface area contributed by atoms with Gasteiger partial charge in [0.1, 0.15) is 5.82 Å². The molecule has 0 aliphatic heterocycles. The second-order valence-corrected chi connectivity index (χ2v) is 5.09. The maximum Gasteiger partial charge on any atom is 0.254 e. The number of aryl methyl sites for hydroxylation is 1. The molecule has 0 heterocycles. The molecule has 0 spiro atoms. The zero-order valence-corrected chi connectivity index (χ0v) is 10.6. The fourth-order valence-corrected chi connectivity index (χ4v) is 1.82. The van der Waals surface area contributed by atoms with Crippen molar-refractivity contribution in [2.75, 3.05) is 6.54 Å². The van der Waals surface area contributed by atoms with E-state index in [0.29, 0.717) is 12.5 Å². The number of carbonyl (C=O) groups excluding carboxylic acids is 1. The van der Waals surface area contributed by atoms with Crippen LogP contribution in [0.1, 0.15) is 28.8 Å². The third-order valence-corrected chi connectivity index (χ3v) is 3.60. The molecule has 1 aromatic carbocycles. The zero-order chi connectivity index (χ0) is 11.7. The molecule has 0 bridgehead atoms. The summed E-state index contributed by atoms with van der Waals surface area (Å²) in [7, 11) is 0. The van der Waals surface area contributed by atoms with Crippen LogP contribution in [0.3, 0.4) is 0 Å². The highest BCUT2D eigenvalue weighted by molar-refractivity contribution is 9.10. The van der Waals surface area contributed by atoms with Crippen LogP contribution >= 0.6 is 15.9 Å². The van der Waals surface area contributed by atoms with Gasteiger partial charge in [0.15, 0.2) is 0 Å². The van der Waals surface area contributed by atoms with E-state index in [4.69, 9.17) is 0 Å². The highest BCUT2D eigenvalue weighted by Crippen LogP contribution is 2.28. The predicted molar refractivity (Wildman–Crippen MR) is 63.9 cm³/mol. The molecular weight excluding hydrogens is 273 g/mol. The Labute approximate surface area is 102 Å². The lowest BCUT2D eigenvalue weighted by atomic mass is 10.1. The van der Waals surface area contributed by atoms with E-state index in [9.17, 15) is 9.18 Å². The minimum atomic E-state index is -0.464. The van der Waals surface area contributed by atoms with Gasteiger partial charge in [0.05, 0.1) is 5.56 Å². The molecule has 1 aliphatic carbocycles. The van der Waals surface area contributed by atoms with Gasteiger partial charge in [-0.1, -0.05) is 15.9 Å². The first-order valence-electron chi connectivity index (χ1n) is 5.32. The number of hydrogen-bond donors (Lipinski definition) is 1. The number of carbonyl (C=O) groups is 1. The third-order valence-electron chi connectivity index (χ3n) is 2.74. The van der Waals surface area contributed by atoms with Crippen LogP contribution in [0.2, 0.25) is 0 Å². The molecule has 1 aromatic rings. The Morgan fingerprint density at radius 2 is 2.25 bits per heavy atom. The van der Waals surface area contributed by atoms with Gasteiger partial charge in [0, 0.05) is 11.0 Å². The van der Waals surface area contributed by atoms with Gasteiger partial charge in [-0.2, -0.15) is 0 Å². The lowest BCUT2D eigenvalue weighted by molar-refractivity contribution is 0.0947. The Morgan fingerprint density at radius 3 is 2.88 bits per heavy atom. The normalized spacial score (nSPS) is 14.9. The summed E-state index contributed by atoms with van der Waals surface area (Å²) in [5.41, 5.74) is 0.898. The number of benzene rings is 1. The SMILES string of the molecule is Cc1cc(F)c(C(=O)NCC2CC2)cc1Br. The Morgan fingerprint density at radius 1 is 1.56 bits per heavy atom. The molecule has 16 heavy (non-hydrogen) atoms. The van der Waals surface area contributed by atoms with Crippen molar-refractivity contribution in [3.8, 4) is 0 Å². The van der Waals surface area contributed by atoms with Crippen LogP contribution in [0.4, 0.5) is 4.39 Å². The Hall–Kier alpha value is -0.900. The molecule has 0 aromatic heterocycles. The monoisotopic (exact) mass is 285 g/mol. The molecule has 4 heteroatoms. The van der Waals surface area contributed by atoms with Gasteiger partial charge in [-0.3, -0.25) is 4.79 Å². The molecule has 0 radical (unpaired) electrons. The van der Waals surface area contributed by atoms with Gasteiger partial charge >= 0.3 is 0 Å². The fraction of sp³-hybridized carbons (Fsp3) is 0.417. The maximum absolute atomic E-state index is 13.5.